The summed E-state index contributed by atoms with van der Waals surface area (Å²) < 4.78 is 38.4. The maximum absolute atomic E-state index is 12.4. The molecular weight excluding hydrogens is 314 g/mol. The molecule has 1 aliphatic rings. The highest BCUT2D eigenvalue weighted by atomic mass is 32.2. The van der Waals surface area contributed by atoms with Gasteiger partial charge in [0.25, 0.3) is 0 Å². The Kier molecular flexibility index (Phi) is 4.54. The minimum atomic E-state index is -3.58. The van der Waals surface area contributed by atoms with Crippen molar-refractivity contribution in [1.29, 1.82) is 0 Å². The summed E-state index contributed by atoms with van der Waals surface area (Å²) in [6.07, 6.45) is 0. The zero-order chi connectivity index (χ0) is 16.3. The Morgan fingerprint density at radius 2 is 1.74 bits per heavy atom. The Hall–Kier alpha value is -2.05. The smallest absolute Gasteiger partial charge is 0.240 e. The molecule has 0 radical (unpaired) electrons. The lowest BCUT2D eigenvalue weighted by Gasteiger charge is -2.19. The molecule has 0 aromatic heterocycles. The molecule has 0 bridgehead atoms. The number of sulfonamides is 1. The minimum absolute atomic E-state index is 0.0863. The number of fused-ring (bicyclic) bond motifs is 1. The van der Waals surface area contributed by atoms with Crippen LogP contribution in [0, 0.1) is 0 Å². The van der Waals surface area contributed by atoms with Gasteiger partial charge >= 0.3 is 0 Å². The van der Waals surface area contributed by atoms with Gasteiger partial charge in [0, 0.05) is 12.6 Å². The fourth-order valence-corrected chi connectivity index (χ4v) is 3.55. The van der Waals surface area contributed by atoms with E-state index in [1.54, 1.807) is 6.07 Å². The summed E-state index contributed by atoms with van der Waals surface area (Å²) >= 11 is 0. The molecule has 2 aromatic carbocycles. The van der Waals surface area contributed by atoms with Gasteiger partial charge in [0.15, 0.2) is 11.5 Å². The highest BCUT2D eigenvalue weighted by Gasteiger charge is 2.20. The van der Waals surface area contributed by atoms with Crippen molar-refractivity contribution in [1.82, 2.24) is 4.72 Å². The fraction of sp³-hybridized carbons (Fsp3) is 0.294. The largest absolute Gasteiger partial charge is 0.486 e. The van der Waals surface area contributed by atoms with Crippen LogP contribution in [0.3, 0.4) is 0 Å². The van der Waals surface area contributed by atoms with Crippen molar-refractivity contribution in [3.63, 3.8) is 0 Å². The molecule has 3 rings (SSSR count). The van der Waals surface area contributed by atoms with Crippen molar-refractivity contribution in [3.05, 3.63) is 54.1 Å². The molecular formula is C17H19NO4S. The van der Waals surface area contributed by atoms with Crippen LogP contribution in [0.15, 0.2) is 53.4 Å². The van der Waals surface area contributed by atoms with E-state index in [0.29, 0.717) is 31.3 Å². The van der Waals surface area contributed by atoms with Gasteiger partial charge in [-0.1, -0.05) is 37.3 Å². The molecule has 5 nitrogen and oxygen atoms in total. The molecule has 0 spiro atoms. The summed E-state index contributed by atoms with van der Waals surface area (Å²) in [5.74, 6) is 1.13. The molecule has 0 aliphatic carbocycles. The quantitative estimate of drug-likeness (QED) is 0.913. The van der Waals surface area contributed by atoms with Gasteiger partial charge in [-0.3, -0.25) is 0 Å². The van der Waals surface area contributed by atoms with Crippen molar-refractivity contribution >= 4 is 10.0 Å². The van der Waals surface area contributed by atoms with Crippen LogP contribution < -0.4 is 14.2 Å². The van der Waals surface area contributed by atoms with Crippen LogP contribution in [0.4, 0.5) is 0 Å². The molecule has 1 heterocycles. The molecule has 1 aliphatic heterocycles. The summed E-state index contributed by atoms with van der Waals surface area (Å²) in [5.41, 5.74) is 1.09. The van der Waals surface area contributed by atoms with Gasteiger partial charge in [0.2, 0.25) is 10.0 Å². The second-order valence-electron chi connectivity index (χ2n) is 5.47. The molecule has 6 heteroatoms. The Morgan fingerprint density at radius 1 is 1.04 bits per heavy atom. The third-order valence-corrected chi connectivity index (χ3v) is 5.19. The Morgan fingerprint density at radius 3 is 2.48 bits per heavy atom. The van der Waals surface area contributed by atoms with Crippen LogP contribution in [0.25, 0.3) is 0 Å². The lowest BCUT2D eigenvalue weighted by atomic mass is 10.0. The fourth-order valence-electron chi connectivity index (χ4n) is 2.41. The molecule has 0 unspecified atom stereocenters. The van der Waals surface area contributed by atoms with Crippen molar-refractivity contribution < 1.29 is 17.9 Å². The summed E-state index contributed by atoms with van der Waals surface area (Å²) in [6.45, 7) is 3.23. The third-order valence-electron chi connectivity index (χ3n) is 3.77. The predicted molar refractivity (Wildman–Crippen MR) is 87.5 cm³/mol. The first-order valence-corrected chi connectivity index (χ1v) is 8.99. The van der Waals surface area contributed by atoms with Gasteiger partial charge in [-0.05, 0) is 23.6 Å². The summed E-state index contributed by atoms with van der Waals surface area (Å²) in [6, 6.07) is 14.5. The lowest BCUT2D eigenvalue weighted by Crippen LogP contribution is -2.28. The van der Waals surface area contributed by atoms with Crippen LogP contribution in [0.5, 0.6) is 11.5 Å². The predicted octanol–water partition coefficient (Wildman–Crippen LogP) is 2.54. The minimum Gasteiger partial charge on any atom is -0.486 e. The average molecular weight is 333 g/mol. The molecule has 0 fully saturated rings. The SMILES string of the molecule is C[C@@H](CNS(=O)(=O)c1ccc2c(c1)OCCO2)c1ccccc1. The number of nitrogens with one attached hydrogen (secondary N) is 1. The van der Waals surface area contributed by atoms with Gasteiger partial charge < -0.3 is 9.47 Å². The van der Waals surface area contributed by atoms with Gasteiger partial charge in [-0.15, -0.1) is 0 Å². The van der Waals surface area contributed by atoms with E-state index >= 15 is 0 Å². The van der Waals surface area contributed by atoms with Crippen LogP contribution in [0.2, 0.25) is 0 Å². The Balaban J connectivity index is 1.72. The number of ether oxygens (including phenoxy) is 2. The molecule has 23 heavy (non-hydrogen) atoms. The van der Waals surface area contributed by atoms with Crippen LogP contribution in [-0.4, -0.2) is 28.2 Å². The topological polar surface area (TPSA) is 64.6 Å². The van der Waals surface area contributed by atoms with Crippen molar-refractivity contribution in [2.75, 3.05) is 19.8 Å². The van der Waals surface area contributed by atoms with Crippen LogP contribution in [0.1, 0.15) is 18.4 Å². The molecule has 1 N–H and O–H groups in total. The van der Waals surface area contributed by atoms with Crippen LogP contribution in [-0.2, 0) is 10.0 Å². The van der Waals surface area contributed by atoms with Crippen LogP contribution >= 0.6 is 0 Å². The van der Waals surface area contributed by atoms with E-state index < -0.39 is 10.0 Å². The first-order chi connectivity index (χ1) is 11.1. The average Bonchev–Trinajstić information content (AvgIpc) is 2.60. The van der Waals surface area contributed by atoms with E-state index in [2.05, 4.69) is 4.72 Å². The first-order valence-electron chi connectivity index (χ1n) is 7.50. The number of hydrogen-bond acceptors (Lipinski definition) is 4. The van der Waals surface area contributed by atoms with E-state index in [1.807, 2.05) is 37.3 Å². The number of benzene rings is 2. The highest BCUT2D eigenvalue weighted by molar-refractivity contribution is 7.89. The second-order valence-corrected chi connectivity index (χ2v) is 7.24. The molecule has 1 atom stereocenters. The molecule has 0 saturated heterocycles. The summed E-state index contributed by atoms with van der Waals surface area (Å²) in [7, 11) is -3.58. The molecule has 0 saturated carbocycles. The van der Waals surface area contributed by atoms with Crippen molar-refractivity contribution in [2.45, 2.75) is 17.7 Å². The maximum Gasteiger partial charge on any atom is 0.240 e. The third kappa shape index (κ3) is 3.65. The molecule has 0 amide bonds. The normalized spacial score (nSPS) is 15.2. The number of hydrogen-bond donors (Lipinski definition) is 1. The lowest BCUT2D eigenvalue weighted by molar-refractivity contribution is 0.171. The van der Waals surface area contributed by atoms with E-state index in [-0.39, 0.29) is 10.8 Å². The molecule has 2 aromatic rings. The Bertz CT molecular complexity index is 774. The van der Waals surface area contributed by atoms with Gasteiger partial charge in [-0.2, -0.15) is 0 Å². The van der Waals surface area contributed by atoms with Crippen molar-refractivity contribution in [3.8, 4) is 11.5 Å². The highest BCUT2D eigenvalue weighted by Crippen LogP contribution is 2.32. The zero-order valence-corrected chi connectivity index (χ0v) is 13.7. The van der Waals surface area contributed by atoms with Gasteiger partial charge in [-0.25, -0.2) is 13.1 Å². The standard InChI is InChI=1S/C17H19NO4S/c1-13(14-5-3-2-4-6-14)12-18-23(19,20)15-7-8-16-17(11-15)22-10-9-21-16/h2-8,11,13,18H,9-10,12H2,1H3/t13-/m0/s1. The van der Waals surface area contributed by atoms with Gasteiger partial charge in [0.1, 0.15) is 13.2 Å². The second kappa shape index (κ2) is 6.60. The van der Waals surface area contributed by atoms with E-state index in [9.17, 15) is 8.42 Å². The molecule has 122 valence electrons. The summed E-state index contributed by atoms with van der Waals surface area (Å²) in [4.78, 5) is 0.182. The Labute approximate surface area is 136 Å². The summed E-state index contributed by atoms with van der Waals surface area (Å²) in [5, 5.41) is 0. The van der Waals surface area contributed by atoms with E-state index in [4.69, 9.17) is 9.47 Å². The van der Waals surface area contributed by atoms with E-state index in [1.165, 1.54) is 12.1 Å². The van der Waals surface area contributed by atoms with Crippen molar-refractivity contribution in [2.24, 2.45) is 0 Å². The monoisotopic (exact) mass is 333 g/mol. The van der Waals surface area contributed by atoms with E-state index in [0.717, 1.165) is 5.56 Å². The number of rotatable bonds is 5. The maximum atomic E-state index is 12.4. The first kappa shape index (κ1) is 15.8. The van der Waals surface area contributed by atoms with Gasteiger partial charge in [0.05, 0.1) is 4.90 Å². The zero-order valence-electron chi connectivity index (χ0n) is 12.9.